The van der Waals surface area contributed by atoms with Crippen LogP contribution in [0.5, 0.6) is 5.75 Å². The molecule has 6 nitrogen and oxygen atoms in total. The molecule has 3 saturated heterocycles. The third-order valence-electron chi connectivity index (χ3n) is 7.53. The summed E-state index contributed by atoms with van der Waals surface area (Å²) in [5.41, 5.74) is 0.977. The Balaban J connectivity index is 1.26. The molecule has 3 fully saturated rings. The summed E-state index contributed by atoms with van der Waals surface area (Å²) in [6.45, 7) is 13.0. The highest BCUT2D eigenvalue weighted by Crippen LogP contribution is 2.37. The van der Waals surface area contributed by atoms with Crippen molar-refractivity contribution in [3.63, 3.8) is 0 Å². The lowest BCUT2D eigenvalue weighted by Crippen LogP contribution is -2.57. The van der Waals surface area contributed by atoms with Crippen molar-refractivity contribution >= 4 is 5.91 Å². The smallest absolute Gasteiger partial charge is 0.226 e. The molecule has 3 aliphatic rings. The number of nitrogens with zero attached hydrogens (tertiary/aromatic N) is 3. The Kier molecular flexibility index (Phi) is 7.74. The minimum Gasteiger partial charge on any atom is -0.497 e. The first-order chi connectivity index (χ1) is 15.5. The molecular formula is C26H41N3O3. The van der Waals surface area contributed by atoms with E-state index < -0.39 is 0 Å². The van der Waals surface area contributed by atoms with Gasteiger partial charge in [0, 0.05) is 58.5 Å². The number of amides is 1. The minimum absolute atomic E-state index is 0.0370. The molecule has 0 radical (unpaired) electrons. The fraction of sp³-hybridized carbons (Fsp3) is 0.731. The van der Waals surface area contributed by atoms with E-state index in [0.29, 0.717) is 12.5 Å². The van der Waals surface area contributed by atoms with Crippen LogP contribution in [0.2, 0.25) is 0 Å². The Labute approximate surface area is 193 Å². The van der Waals surface area contributed by atoms with E-state index in [-0.39, 0.29) is 11.5 Å². The van der Waals surface area contributed by atoms with Crippen molar-refractivity contribution < 1.29 is 14.3 Å². The summed E-state index contributed by atoms with van der Waals surface area (Å²) in [6, 6.07) is 8.45. The Morgan fingerprint density at radius 1 is 1.16 bits per heavy atom. The highest BCUT2D eigenvalue weighted by Gasteiger charge is 2.42. The van der Waals surface area contributed by atoms with Crippen LogP contribution in [-0.2, 0) is 16.0 Å². The molecule has 1 aromatic carbocycles. The van der Waals surface area contributed by atoms with Crippen molar-refractivity contribution in [2.24, 2.45) is 5.92 Å². The maximum Gasteiger partial charge on any atom is 0.226 e. The first kappa shape index (κ1) is 23.5. The van der Waals surface area contributed by atoms with Gasteiger partial charge in [-0.1, -0.05) is 26.0 Å². The minimum atomic E-state index is -0.0370. The number of benzene rings is 1. The van der Waals surface area contributed by atoms with Crippen molar-refractivity contribution in [2.45, 2.75) is 57.6 Å². The topological polar surface area (TPSA) is 45.2 Å². The molecule has 0 aliphatic carbocycles. The van der Waals surface area contributed by atoms with Crippen molar-refractivity contribution in [3.8, 4) is 5.75 Å². The van der Waals surface area contributed by atoms with E-state index in [2.05, 4.69) is 23.6 Å². The molecule has 0 bridgehead atoms. The number of methoxy groups -OCH3 is 1. The van der Waals surface area contributed by atoms with Gasteiger partial charge in [0.1, 0.15) is 5.75 Å². The molecular weight excluding hydrogens is 402 g/mol. The van der Waals surface area contributed by atoms with Gasteiger partial charge in [-0.2, -0.15) is 0 Å². The van der Waals surface area contributed by atoms with Gasteiger partial charge in [0.15, 0.2) is 0 Å². The predicted octanol–water partition coefficient (Wildman–Crippen LogP) is 3.05. The average molecular weight is 444 g/mol. The summed E-state index contributed by atoms with van der Waals surface area (Å²) in [4.78, 5) is 20.2. The Bertz CT molecular complexity index is 752. The van der Waals surface area contributed by atoms with Crippen molar-refractivity contribution in [2.75, 3.05) is 59.5 Å². The number of rotatable bonds is 6. The normalized spacial score (nSPS) is 24.8. The predicted molar refractivity (Wildman–Crippen MR) is 127 cm³/mol. The van der Waals surface area contributed by atoms with Crippen LogP contribution in [0.25, 0.3) is 0 Å². The Morgan fingerprint density at radius 3 is 2.59 bits per heavy atom. The van der Waals surface area contributed by atoms with Gasteiger partial charge in [-0.15, -0.1) is 0 Å². The summed E-state index contributed by atoms with van der Waals surface area (Å²) in [5, 5.41) is 0. The molecule has 1 aromatic rings. The van der Waals surface area contributed by atoms with Crippen LogP contribution in [0.3, 0.4) is 0 Å². The second-order valence-corrected chi connectivity index (χ2v) is 10.3. The molecule has 1 amide bonds. The summed E-state index contributed by atoms with van der Waals surface area (Å²) < 4.78 is 11.7. The van der Waals surface area contributed by atoms with Crippen LogP contribution >= 0.6 is 0 Å². The zero-order valence-corrected chi connectivity index (χ0v) is 20.2. The number of hydrogen-bond acceptors (Lipinski definition) is 5. The number of piperazine rings is 1. The Hall–Kier alpha value is -1.63. The van der Waals surface area contributed by atoms with Crippen LogP contribution in [0, 0.1) is 5.92 Å². The summed E-state index contributed by atoms with van der Waals surface area (Å²) in [6.07, 6.45) is 4.62. The number of likely N-dealkylation sites (tertiary alicyclic amines) is 1. The van der Waals surface area contributed by atoms with Gasteiger partial charge in [0.2, 0.25) is 5.91 Å². The van der Waals surface area contributed by atoms with E-state index in [1.54, 1.807) is 7.11 Å². The zero-order chi connectivity index (χ0) is 22.6. The maximum absolute atomic E-state index is 12.9. The third-order valence-corrected chi connectivity index (χ3v) is 7.53. The second kappa shape index (κ2) is 10.5. The quantitative estimate of drug-likeness (QED) is 0.676. The van der Waals surface area contributed by atoms with Gasteiger partial charge in [0.25, 0.3) is 0 Å². The van der Waals surface area contributed by atoms with Gasteiger partial charge < -0.3 is 19.3 Å². The van der Waals surface area contributed by atoms with Crippen LogP contribution in [-0.4, -0.2) is 91.8 Å². The largest absolute Gasteiger partial charge is 0.497 e. The van der Waals surface area contributed by atoms with Crippen molar-refractivity contribution in [1.82, 2.24) is 14.7 Å². The zero-order valence-electron chi connectivity index (χ0n) is 20.2. The average Bonchev–Trinajstić information content (AvgIpc) is 2.80. The molecule has 0 saturated carbocycles. The monoisotopic (exact) mass is 443 g/mol. The molecule has 3 heterocycles. The van der Waals surface area contributed by atoms with E-state index >= 15 is 0 Å². The van der Waals surface area contributed by atoms with E-state index in [4.69, 9.17) is 9.47 Å². The number of hydrogen-bond donors (Lipinski definition) is 0. The first-order valence-corrected chi connectivity index (χ1v) is 12.5. The van der Waals surface area contributed by atoms with Gasteiger partial charge in [-0.3, -0.25) is 9.69 Å². The fourth-order valence-corrected chi connectivity index (χ4v) is 5.72. The van der Waals surface area contributed by atoms with Crippen LogP contribution < -0.4 is 4.74 Å². The highest BCUT2D eigenvalue weighted by atomic mass is 16.5. The number of ether oxygens (including phenoxy) is 2. The third kappa shape index (κ3) is 5.83. The number of piperidine rings is 1. The van der Waals surface area contributed by atoms with Crippen LogP contribution in [0.4, 0.5) is 0 Å². The Morgan fingerprint density at radius 2 is 1.91 bits per heavy atom. The van der Waals surface area contributed by atoms with Gasteiger partial charge in [-0.05, 0) is 49.3 Å². The lowest BCUT2D eigenvalue weighted by atomic mass is 9.81. The van der Waals surface area contributed by atoms with E-state index in [1.807, 2.05) is 29.2 Å². The SMILES string of the molecule is COc1cccc(CC(=O)N2CCC3(CC2)C[C@H](N2CCN(CC(C)C)CC2)CCO3)c1. The summed E-state index contributed by atoms with van der Waals surface area (Å²) in [7, 11) is 1.66. The molecule has 1 spiro atoms. The molecule has 1 atom stereocenters. The van der Waals surface area contributed by atoms with E-state index in [0.717, 1.165) is 62.6 Å². The molecule has 178 valence electrons. The van der Waals surface area contributed by atoms with Crippen LogP contribution in [0.1, 0.15) is 45.1 Å². The molecule has 0 unspecified atom stereocenters. The second-order valence-electron chi connectivity index (χ2n) is 10.3. The highest BCUT2D eigenvalue weighted by molar-refractivity contribution is 5.79. The van der Waals surface area contributed by atoms with Crippen LogP contribution in [0.15, 0.2) is 24.3 Å². The summed E-state index contributed by atoms with van der Waals surface area (Å²) >= 11 is 0. The molecule has 6 heteroatoms. The lowest BCUT2D eigenvalue weighted by molar-refractivity contribution is -0.149. The van der Waals surface area contributed by atoms with Crippen molar-refractivity contribution in [3.05, 3.63) is 29.8 Å². The van der Waals surface area contributed by atoms with E-state index in [9.17, 15) is 4.79 Å². The first-order valence-electron chi connectivity index (χ1n) is 12.5. The van der Waals surface area contributed by atoms with Gasteiger partial charge in [-0.25, -0.2) is 0 Å². The fourth-order valence-electron chi connectivity index (χ4n) is 5.72. The van der Waals surface area contributed by atoms with Gasteiger partial charge in [0.05, 0.1) is 19.1 Å². The molecule has 32 heavy (non-hydrogen) atoms. The number of carbonyl (C=O) groups excluding carboxylic acids is 1. The molecule has 3 aliphatic heterocycles. The van der Waals surface area contributed by atoms with E-state index in [1.165, 1.54) is 32.7 Å². The molecule has 0 aromatic heterocycles. The standard InChI is InChI=1S/C26H41N3O3/c1-21(2)20-27-12-14-28(15-13-27)23-7-16-32-26(19-23)8-10-29(11-9-26)25(30)18-22-5-4-6-24(17-22)31-3/h4-6,17,21,23H,7-16,18-20H2,1-3H3/t23-/m1/s1. The summed E-state index contributed by atoms with van der Waals surface area (Å²) in [5.74, 6) is 1.76. The number of carbonyl (C=O) groups is 1. The molecule has 0 N–H and O–H groups in total. The maximum atomic E-state index is 12.9. The van der Waals surface area contributed by atoms with Gasteiger partial charge >= 0.3 is 0 Å². The van der Waals surface area contributed by atoms with Crippen molar-refractivity contribution in [1.29, 1.82) is 0 Å². The molecule has 4 rings (SSSR count). The lowest BCUT2D eigenvalue weighted by Gasteiger charge is -2.49.